The first kappa shape index (κ1) is 13.2. The molecule has 0 spiro atoms. The molecule has 1 aromatic heterocycles. The number of hydrazone groups is 1. The normalized spacial score (nSPS) is 10.6. The van der Waals surface area contributed by atoms with Gasteiger partial charge in [0, 0.05) is 0 Å². The number of nitrogens with zero attached hydrogens (tertiary/aromatic N) is 3. The van der Waals surface area contributed by atoms with E-state index in [1.807, 2.05) is 18.2 Å². The van der Waals surface area contributed by atoms with Gasteiger partial charge < -0.3 is 4.74 Å². The molecule has 8 heteroatoms. The van der Waals surface area contributed by atoms with Crippen molar-refractivity contribution >= 4 is 28.0 Å². The number of hydrogen-bond donors (Lipinski definition) is 2. The average Bonchev–Trinajstić information content (AvgIpc) is 2.39. The lowest BCUT2D eigenvalue weighted by Crippen LogP contribution is -2.13. The third kappa shape index (κ3) is 3.62. The van der Waals surface area contributed by atoms with Crippen LogP contribution in [0.2, 0.25) is 0 Å². The van der Waals surface area contributed by atoms with Gasteiger partial charge in [-0.15, -0.1) is 0 Å². The molecule has 0 atom stereocenters. The van der Waals surface area contributed by atoms with Gasteiger partial charge in [0.2, 0.25) is 0 Å². The van der Waals surface area contributed by atoms with E-state index in [0.29, 0.717) is 0 Å². The fraction of sp³-hybridized carbons (Fsp3) is 0.0909. The molecule has 0 saturated heterocycles. The highest BCUT2D eigenvalue weighted by atomic mass is 79.9. The summed E-state index contributed by atoms with van der Waals surface area (Å²) >= 11 is 3.38. The first-order valence-electron chi connectivity index (χ1n) is 5.23. The SMILES string of the molecule is COc1ccc(/C=N\Nc2cn[nH]c(=O)n2)cc1Br. The Bertz CT molecular complexity index is 656. The molecule has 0 aliphatic carbocycles. The summed E-state index contributed by atoms with van der Waals surface area (Å²) in [6, 6.07) is 5.52. The summed E-state index contributed by atoms with van der Waals surface area (Å²) < 4.78 is 5.95. The van der Waals surface area contributed by atoms with E-state index in [9.17, 15) is 4.79 Å². The Morgan fingerprint density at radius 3 is 3.05 bits per heavy atom. The maximum atomic E-state index is 10.9. The van der Waals surface area contributed by atoms with Crippen molar-refractivity contribution in [1.82, 2.24) is 15.2 Å². The third-order valence-corrected chi connectivity index (χ3v) is 2.76. The molecule has 2 N–H and O–H groups in total. The first-order chi connectivity index (χ1) is 9.19. The van der Waals surface area contributed by atoms with Gasteiger partial charge in [-0.1, -0.05) is 0 Å². The van der Waals surface area contributed by atoms with Crippen LogP contribution in [0.25, 0.3) is 0 Å². The van der Waals surface area contributed by atoms with Crippen molar-refractivity contribution in [2.75, 3.05) is 12.5 Å². The summed E-state index contributed by atoms with van der Waals surface area (Å²) in [5.41, 5.74) is 2.94. The second-order valence-electron chi connectivity index (χ2n) is 3.44. The minimum Gasteiger partial charge on any atom is -0.496 e. The van der Waals surface area contributed by atoms with Crippen LogP contribution in [0.4, 0.5) is 5.82 Å². The number of benzene rings is 1. The smallest absolute Gasteiger partial charge is 0.363 e. The number of hydrogen-bond acceptors (Lipinski definition) is 6. The van der Waals surface area contributed by atoms with Gasteiger partial charge in [0.05, 0.1) is 24.0 Å². The van der Waals surface area contributed by atoms with Crippen molar-refractivity contribution in [3.05, 3.63) is 44.9 Å². The van der Waals surface area contributed by atoms with Crippen LogP contribution < -0.4 is 15.9 Å². The highest BCUT2D eigenvalue weighted by Gasteiger charge is 1.99. The van der Waals surface area contributed by atoms with Gasteiger partial charge in [0.1, 0.15) is 5.75 Å². The van der Waals surface area contributed by atoms with E-state index in [2.05, 4.69) is 41.6 Å². The third-order valence-electron chi connectivity index (χ3n) is 2.14. The number of anilines is 1. The summed E-state index contributed by atoms with van der Waals surface area (Å²) in [7, 11) is 1.60. The maximum Gasteiger partial charge on any atom is 0.363 e. The number of ether oxygens (including phenoxy) is 1. The van der Waals surface area contributed by atoms with Crippen LogP contribution in [0.15, 0.2) is 38.8 Å². The Labute approximate surface area is 116 Å². The Kier molecular flexibility index (Phi) is 4.24. The van der Waals surface area contributed by atoms with Crippen LogP contribution in [0.5, 0.6) is 5.75 Å². The first-order valence-corrected chi connectivity index (χ1v) is 6.02. The zero-order chi connectivity index (χ0) is 13.7. The van der Waals surface area contributed by atoms with Crippen LogP contribution in [-0.2, 0) is 0 Å². The molecule has 0 amide bonds. The molecule has 2 rings (SSSR count). The molecule has 7 nitrogen and oxygen atoms in total. The molecule has 0 aliphatic heterocycles. The van der Waals surface area contributed by atoms with Crippen molar-refractivity contribution in [2.24, 2.45) is 5.10 Å². The number of aromatic nitrogens is 3. The summed E-state index contributed by atoms with van der Waals surface area (Å²) in [6.45, 7) is 0. The second kappa shape index (κ2) is 6.10. The van der Waals surface area contributed by atoms with E-state index in [1.165, 1.54) is 6.20 Å². The lowest BCUT2D eigenvalue weighted by molar-refractivity contribution is 0.412. The molecule has 2 aromatic rings. The monoisotopic (exact) mass is 323 g/mol. The molecule has 1 aromatic carbocycles. The fourth-order valence-corrected chi connectivity index (χ4v) is 1.86. The van der Waals surface area contributed by atoms with Crippen molar-refractivity contribution in [3.63, 3.8) is 0 Å². The van der Waals surface area contributed by atoms with E-state index in [1.54, 1.807) is 13.3 Å². The minimum absolute atomic E-state index is 0.271. The topological polar surface area (TPSA) is 92.3 Å². The number of methoxy groups -OCH3 is 1. The van der Waals surface area contributed by atoms with Gasteiger partial charge in [-0.05, 0) is 39.7 Å². The van der Waals surface area contributed by atoms with Crippen molar-refractivity contribution in [2.45, 2.75) is 0 Å². The zero-order valence-corrected chi connectivity index (χ0v) is 11.5. The Morgan fingerprint density at radius 2 is 2.37 bits per heavy atom. The molecular weight excluding hydrogens is 314 g/mol. The molecule has 98 valence electrons. The summed E-state index contributed by atoms with van der Waals surface area (Å²) in [5, 5.41) is 9.72. The summed E-state index contributed by atoms with van der Waals surface area (Å²) in [4.78, 5) is 14.5. The Morgan fingerprint density at radius 1 is 1.53 bits per heavy atom. The van der Waals surface area contributed by atoms with Crippen LogP contribution in [0.1, 0.15) is 5.56 Å². The van der Waals surface area contributed by atoms with Gasteiger partial charge in [-0.3, -0.25) is 5.43 Å². The highest BCUT2D eigenvalue weighted by Crippen LogP contribution is 2.24. The quantitative estimate of drug-likeness (QED) is 0.655. The Balaban J connectivity index is 2.07. The lowest BCUT2D eigenvalue weighted by atomic mass is 10.2. The van der Waals surface area contributed by atoms with Crippen LogP contribution in [0.3, 0.4) is 0 Å². The molecule has 0 bridgehead atoms. The van der Waals surface area contributed by atoms with Gasteiger partial charge >= 0.3 is 5.69 Å². The van der Waals surface area contributed by atoms with Gasteiger partial charge in [-0.2, -0.15) is 15.2 Å². The zero-order valence-electron chi connectivity index (χ0n) is 9.92. The van der Waals surface area contributed by atoms with Crippen LogP contribution in [-0.4, -0.2) is 28.5 Å². The van der Waals surface area contributed by atoms with Crippen LogP contribution >= 0.6 is 15.9 Å². The Hall–Kier alpha value is -2.22. The lowest BCUT2D eigenvalue weighted by Gasteiger charge is -2.03. The van der Waals surface area contributed by atoms with E-state index in [4.69, 9.17) is 4.74 Å². The number of rotatable bonds is 4. The predicted molar refractivity (Wildman–Crippen MR) is 74.6 cm³/mol. The van der Waals surface area contributed by atoms with E-state index < -0.39 is 5.69 Å². The molecular formula is C11H10BrN5O2. The van der Waals surface area contributed by atoms with Gasteiger partial charge in [0.25, 0.3) is 0 Å². The van der Waals surface area contributed by atoms with Crippen molar-refractivity contribution < 1.29 is 4.74 Å². The van der Waals surface area contributed by atoms with E-state index in [-0.39, 0.29) is 5.82 Å². The summed E-state index contributed by atoms with van der Waals surface area (Å²) in [6.07, 6.45) is 2.95. The predicted octanol–water partition coefficient (Wildman–Crippen LogP) is 1.38. The molecule has 0 radical (unpaired) electrons. The van der Waals surface area contributed by atoms with Crippen molar-refractivity contribution in [1.29, 1.82) is 0 Å². The number of aromatic amines is 1. The number of H-pyrrole nitrogens is 1. The van der Waals surface area contributed by atoms with Crippen molar-refractivity contribution in [3.8, 4) is 5.75 Å². The van der Waals surface area contributed by atoms with Gasteiger partial charge in [-0.25, -0.2) is 9.89 Å². The fourth-order valence-electron chi connectivity index (χ4n) is 1.30. The standard InChI is InChI=1S/C11H10BrN5O2/c1-19-9-3-2-7(4-8(9)12)5-13-16-10-6-14-17-11(18)15-10/h2-6H,1H3,(H2,15,16,17,18)/b13-5-. The molecule has 0 saturated carbocycles. The number of nitrogens with one attached hydrogen (secondary N) is 2. The van der Waals surface area contributed by atoms with Gasteiger partial charge in [0.15, 0.2) is 5.82 Å². The largest absolute Gasteiger partial charge is 0.496 e. The van der Waals surface area contributed by atoms with E-state index in [0.717, 1.165) is 15.8 Å². The van der Waals surface area contributed by atoms with E-state index >= 15 is 0 Å². The average molecular weight is 324 g/mol. The minimum atomic E-state index is -0.535. The molecule has 0 aliphatic rings. The molecule has 0 fully saturated rings. The molecule has 19 heavy (non-hydrogen) atoms. The summed E-state index contributed by atoms with van der Waals surface area (Å²) in [5.74, 6) is 1.01. The maximum absolute atomic E-state index is 10.9. The molecule has 1 heterocycles. The van der Waals surface area contributed by atoms with Crippen LogP contribution in [0, 0.1) is 0 Å². The molecule has 0 unspecified atom stereocenters. The number of halogens is 1. The second-order valence-corrected chi connectivity index (χ2v) is 4.29. The highest BCUT2D eigenvalue weighted by molar-refractivity contribution is 9.10.